The average Bonchev–Trinajstić information content (AvgIpc) is 2.40. The molecule has 20 heavy (non-hydrogen) atoms. The first-order chi connectivity index (χ1) is 9.44. The number of rotatable bonds is 8. The highest BCUT2D eigenvalue weighted by atomic mass is 32.2. The van der Waals surface area contributed by atoms with E-state index in [9.17, 15) is 8.42 Å². The summed E-state index contributed by atoms with van der Waals surface area (Å²) in [7, 11) is -1.55. The Morgan fingerprint density at radius 3 is 2.50 bits per heavy atom. The lowest BCUT2D eigenvalue weighted by Crippen LogP contribution is -2.32. The van der Waals surface area contributed by atoms with Gasteiger partial charge in [0.05, 0.1) is 4.90 Å². The number of hydrogen-bond acceptors (Lipinski definition) is 3. The van der Waals surface area contributed by atoms with E-state index in [1.807, 2.05) is 27.0 Å². The average molecular weight is 298 g/mol. The van der Waals surface area contributed by atoms with Crippen LogP contribution < -0.4 is 10.0 Å². The molecule has 5 heteroatoms. The highest BCUT2D eigenvalue weighted by Gasteiger charge is 2.18. The van der Waals surface area contributed by atoms with Gasteiger partial charge >= 0.3 is 0 Å². The first-order valence-corrected chi connectivity index (χ1v) is 8.72. The molecule has 0 aliphatic carbocycles. The lowest BCUT2D eigenvalue weighted by molar-refractivity contribution is 0.542. The van der Waals surface area contributed by atoms with E-state index in [2.05, 4.69) is 17.0 Å². The van der Waals surface area contributed by atoms with E-state index in [1.54, 1.807) is 18.2 Å². The predicted octanol–water partition coefficient (Wildman–Crippen LogP) is 2.82. The second-order valence-corrected chi connectivity index (χ2v) is 6.85. The fourth-order valence-electron chi connectivity index (χ4n) is 2.33. The molecule has 1 aromatic rings. The van der Waals surface area contributed by atoms with Crippen molar-refractivity contribution >= 4 is 10.0 Å². The van der Waals surface area contributed by atoms with Crippen LogP contribution >= 0.6 is 0 Å². The van der Waals surface area contributed by atoms with Crippen LogP contribution in [0.15, 0.2) is 29.2 Å². The Balaban J connectivity index is 2.98. The Morgan fingerprint density at radius 2 is 1.95 bits per heavy atom. The quantitative estimate of drug-likeness (QED) is 0.776. The van der Waals surface area contributed by atoms with Crippen molar-refractivity contribution < 1.29 is 8.42 Å². The predicted molar refractivity (Wildman–Crippen MR) is 83.2 cm³/mol. The molecule has 2 atom stereocenters. The molecule has 114 valence electrons. The largest absolute Gasteiger partial charge is 0.313 e. The zero-order valence-electron chi connectivity index (χ0n) is 12.8. The summed E-state index contributed by atoms with van der Waals surface area (Å²) >= 11 is 0. The second kappa shape index (κ2) is 7.76. The van der Waals surface area contributed by atoms with Crippen LogP contribution in [0.4, 0.5) is 0 Å². The molecule has 0 aliphatic rings. The van der Waals surface area contributed by atoms with Crippen molar-refractivity contribution in [3.63, 3.8) is 0 Å². The van der Waals surface area contributed by atoms with Crippen LogP contribution in [0.5, 0.6) is 0 Å². The molecule has 0 saturated carbocycles. The van der Waals surface area contributed by atoms with E-state index in [-0.39, 0.29) is 12.1 Å². The molecule has 0 spiro atoms. The summed E-state index contributed by atoms with van der Waals surface area (Å²) in [5.74, 6) is 0. The van der Waals surface area contributed by atoms with Crippen LogP contribution in [0.1, 0.15) is 51.6 Å². The Labute approximate surface area is 123 Å². The molecule has 0 saturated heterocycles. The Hall–Kier alpha value is -0.910. The van der Waals surface area contributed by atoms with E-state index in [0.29, 0.717) is 4.90 Å². The highest BCUT2D eigenvalue weighted by Crippen LogP contribution is 2.20. The van der Waals surface area contributed by atoms with Gasteiger partial charge < -0.3 is 5.32 Å². The zero-order valence-corrected chi connectivity index (χ0v) is 13.6. The van der Waals surface area contributed by atoms with Gasteiger partial charge in [-0.05, 0) is 44.5 Å². The first-order valence-electron chi connectivity index (χ1n) is 7.24. The summed E-state index contributed by atoms with van der Waals surface area (Å²) in [5.41, 5.74) is 1.00. The van der Waals surface area contributed by atoms with Crippen LogP contribution in [-0.2, 0) is 10.0 Å². The summed E-state index contributed by atoms with van der Waals surface area (Å²) in [4.78, 5) is 0.339. The maximum absolute atomic E-state index is 12.3. The number of nitrogens with one attached hydrogen (secondary N) is 2. The van der Waals surface area contributed by atoms with E-state index in [1.165, 1.54) is 0 Å². The van der Waals surface area contributed by atoms with Gasteiger partial charge in [-0.1, -0.05) is 32.4 Å². The normalized spacial score (nSPS) is 15.0. The van der Waals surface area contributed by atoms with Crippen LogP contribution in [-0.4, -0.2) is 21.5 Å². The lowest BCUT2D eigenvalue weighted by Gasteiger charge is -2.17. The summed E-state index contributed by atoms with van der Waals surface area (Å²) in [6.07, 6.45) is 2.72. The van der Waals surface area contributed by atoms with Gasteiger partial charge in [0.15, 0.2) is 0 Å². The minimum atomic E-state index is -3.43. The van der Waals surface area contributed by atoms with E-state index >= 15 is 0 Å². The molecule has 0 heterocycles. The van der Waals surface area contributed by atoms with E-state index in [4.69, 9.17) is 0 Å². The number of benzene rings is 1. The lowest BCUT2D eigenvalue weighted by atomic mass is 10.1. The van der Waals surface area contributed by atoms with Crippen molar-refractivity contribution in [2.75, 3.05) is 7.05 Å². The van der Waals surface area contributed by atoms with Crippen molar-refractivity contribution in [3.8, 4) is 0 Å². The third kappa shape index (κ3) is 4.58. The van der Waals surface area contributed by atoms with Crippen LogP contribution in [0, 0.1) is 0 Å². The Morgan fingerprint density at radius 1 is 1.25 bits per heavy atom. The van der Waals surface area contributed by atoms with Gasteiger partial charge in [-0.25, -0.2) is 13.1 Å². The topological polar surface area (TPSA) is 58.2 Å². The van der Waals surface area contributed by atoms with E-state index < -0.39 is 10.0 Å². The third-order valence-electron chi connectivity index (χ3n) is 3.41. The van der Waals surface area contributed by atoms with Gasteiger partial charge in [-0.3, -0.25) is 0 Å². The maximum atomic E-state index is 12.3. The molecule has 1 aromatic carbocycles. The zero-order chi connectivity index (χ0) is 15.2. The molecule has 0 aliphatic heterocycles. The van der Waals surface area contributed by atoms with Crippen molar-refractivity contribution in [3.05, 3.63) is 29.8 Å². The number of sulfonamides is 1. The Kier molecular flexibility index (Phi) is 6.65. The van der Waals surface area contributed by atoms with Crippen molar-refractivity contribution in [2.24, 2.45) is 0 Å². The molecule has 0 aromatic heterocycles. The SMILES string of the molecule is CCCC(C)NS(=O)(=O)c1cccc(C(CC)NC)c1. The standard InChI is InChI=1S/C15H26N2O2S/c1-5-8-12(3)17-20(18,19)14-10-7-9-13(11-14)15(6-2)16-4/h7,9-12,15-17H,5-6,8H2,1-4H3. The monoisotopic (exact) mass is 298 g/mol. The van der Waals surface area contributed by atoms with E-state index in [0.717, 1.165) is 24.8 Å². The summed E-state index contributed by atoms with van der Waals surface area (Å²) in [6, 6.07) is 7.30. The van der Waals surface area contributed by atoms with Crippen molar-refractivity contribution in [2.45, 2.75) is 57.0 Å². The van der Waals surface area contributed by atoms with Gasteiger partial charge in [-0.2, -0.15) is 0 Å². The summed E-state index contributed by atoms with van der Waals surface area (Å²) in [5, 5.41) is 3.19. The molecule has 1 rings (SSSR count). The van der Waals surface area contributed by atoms with Crippen LogP contribution in [0.3, 0.4) is 0 Å². The fourth-order valence-corrected chi connectivity index (χ4v) is 3.66. The van der Waals surface area contributed by atoms with Gasteiger partial charge in [0.1, 0.15) is 0 Å². The van der Waals surface area contributed by atoms with Gasteiger partial charge in [0, 0.05) is 12.1 Å². The minimum Gasteiger partial charge on any atom is -0.313 e. The molecule has 0 fully saturated rings. The van der Waals surface area contributed by atoms with Gasteiger partial charge in [-0.15, -0.1) is 0 Å². The molecule has 2 N–H and O–H groups in total. The van der Waals surface area contributed by atoms with Crippen LogP contribution in [0.25, 0.3) is 0 Å². The van der Waals surface area contributed by atoms with Gasteiger partial charge in [0.2, 0.25) is 10.0 Å². The minimum absolute atomic E-state index is 0.0417. The molecular weight excluding hydrogens is 272 g/mol. The van der Waals surface area contributed by atoms with Crippen LogP contribution in [0.2, 0.25) is 0 Å². The molecule has 0 amide bonds. The van der Waals surface area contributed by atoms with Crippen molar-refractivity contribution in [1.82, 2.24) is 10.0 Å². The maximum Gasteiger partial charge on any atom is 0.240 e. The Bertz CT molecular complexity index is 510. The highest BCUT2D eigenvalue weighted by molar-refractivity contribution is 7.89. The van der Waals surface area contributed by atoms with Gasteiger partial charge in [0.25, 0.3) is 0 Å². The fraction of sp³-hybridized carbons (Fsp3) is 0.600. The molecular formula is C15H26N2O2S. The van der Waals surface area contributed by atoms with Crippen molar-refractivity contribution in [1.29, 1.82) is 0 Å². The smallest absolute Gasteiger partial charge is 0.240 e. The summed E-state index contributed by atoms with van der Waals surface area (Å²) < 4.78 is 27.4. The molecule has 0 bridgehead atoms. The summed E-state index contributed by atoms with van der Waals surface area (Å²) in [6.45, 7) is 6.02. The third-order valence-corrected chi connectivity index (χ3v) is 4.99. The molecule has 0 radical (unpaired) electrons. The molecule has 4 nitrogen and oxygen atoms in total. The molecule has 2 unspecified atom stereocenters. The first kappa shape index (κ1) is 17.1. The second-order valence-electron chi connectivity index (χ2n) is 5.13. The number of hydrogen-bond donors (Lipinski definition) is 2.